The molecule has 29 heavy (non-hydrogen) atoms. The van der Waals surface area contributed by atoms with Crippen LogP contribution in [-0.2, 0) is 16.6 Å². The second-order valence-electron chi connectivity index (χ2n) is 6.68. The Morgan fingerprint density at radius 1 is 1.10 bits per heavy atom. The molecule has 0 bridgehead atoms. The third-order valence-electron chi connectivity index (χ3n) is 4.21. The molecule has 0 aliphatic carbocycles. The summed E-state index contributed by atoms with van der Waals surface area (Å²) in [5.74, 6) is 0.722. The van der Waals surface area contributed by atoms with Crippen molar-refractivity contribution < 1.29 is 13.2 Å². The molecule has 9 heteroatoms. The number of hydrogen-bond acceptors (Lipinski definition) is 6. The smallest absolute Gasteiger partial charge is 0.229 e. The summed E-state index contributed by atoms with van der Waals surface area (Å²) in [6, 6.07) is 16.4. The maximum atomic E-state index is 12.8. The van der Waals surface area contributed by atoms with Crippen molar-refractivity contribution in [2.45, 2.75) is 30.8 Å². The maximum Gasteiger partial charge on any atom is 0.229 e. The third kappa shape index (κ3) is 5.68. The lowest BCUT2D eigenvalue weighted by atomic mass is 10.1. The number of carbonyl (C=O) groups excluding carboxylic acids is 1. The molecule has 152 valence electrons. The second-order valence-corrected chi connectivity index (χ2v) is 9.73. The van der Waals surface area contributed by atoms with Crippen LogP contribution in [0.3, 0.4) is 0 Å². The fraction of sp³-hybridized carbons (Fsp3) is 0.250. The fourth-order valence-electron chi connectivity index (χ4n) is 2.76. The minimum Gasteiger partial charge on any atom is -0.302 e. The quantitative estimate of drug-likeness (QED) is 0.435. The SMILES string of the molecule is Cc1nnc(SC(C)C(=O)c2ccc(NS(C)(=O)=O)cc2)n1Cc1ccccc1. The Balaban J connectivity index is 1.72. The van der Waals surface area contributed by atoms with Gasteiger partial charge in [0.1, 0.15) is 5.82 Å². The lowest BCUT2D eigenvalue weighted by Crippen LogP contribution is -2.15. The fourth-order valence-corrected chi connectivity index (χ4v) is 4.30. The van der Waals surface area contributed by atoms with E-state index in [0.717, 1.165) is 17.6 Å². The molecule has 2 aromatic carbocycles. The highest BCUT2D eigenvalue weighted by atomic mass is 32.2. The van der Waals surface area contributed by atoms with Gasteiger partial charge in [0.25, 0.3) is 0 Å². The Morgan fingerprint density at radius 2 is 1.76 bits per heavy atom. The molecular formula is C20H22N4O3S2. The van der Waals surface area contributed by atoms with Crippen molar-refractivity contribution in [3.63, 3.8) is 0 Å². The summed E-state index contributed by atoms with van der Waals surface area (Å²) in [7, 11) is -3.35. The summed E-state index contributed by atoms with van der Waals surface area (Å²) in [4.78, 5) is 12.8. The van der Waals surface area contributed by atoms with Crippen molar-refractivity contribution >= 4 is 33.3 Å². The van der Waals surface area contributed by atoms with Gasteiger partial charge in [-0.05, 0) is 43.7 Å². The minimum absolute atomic E-state index is 0.0622. The predicted molar refractivity (Wildman–Crippen MR) is 115 cm³/mol. The number of sulfonamides is 1. The lowest BCUT2D eigenvalue weighted by molar-refractivity contribution is 0.0994. The largest absolute Gasteiger partial charge is 0.302 e. The van der Waals surface area contributed by atoms with E-state index < -0.39 is 10.0 Å². The highest BCUT2D eigenvalue weighted by Gasteiger charge is 2.20. The van der Waals surface area contributed by atoms with Crippen LogP contribution in [0.5, 0.6) is 0 Å². The minimum atomic E-state index is -3.35. The molecule has 3 rings (SSSR count). The van der Waals surface area contributed by atoms with E-state index in [9.17, 15) is 13.2 Å². The standard InChI is InChI=1S/C20H22N4O3S2/c1-14(19(25)17-9-11-18(12-10-17)23-29(3,26)27)28-20-22-21-15(2)24(20)13-16-7-5-4-6-8-16/h4-12,14,23H,13H2,1-3H3. The first-order chi connectivity index (χ1) is 13.7. The van der Waals surface area contributed by atoms with Crippen molar-refractivity contribution in [1.82, 2.24) is 14.8 Å². The van der Waals surface area contributed by atoms with Crippen LogP contribution < -0.4 is 4.72 Å². The number of benzene rings is 2. The molecule has 0 aliphatic heterocycles. The summed E-state index contributed by atoms with van der Waals surface area (Å²) in [5.41, 5.74) is 2.06. The molecule has 0 spiro atoms. The first-order valence-corrected chi connectivity index (χ1v) is 11.7. The number of aryl methyl sites for hydroxylation is 1. The average molecular weight is 431 g/mol. The lowest BCUT2D eigenvalue weighted by Gasteiger charge is -2.13. The molecule has 7 nitrogen and oxygen atoms in total. The van der Waals surface area contributed by atoms with Gasteiger partial charge in [0, 0.05) is 11.3 Å². The van der Waals surface area contributed by atoms with Crippen LogP contribution >= 0.6 is 11.8 Å². The van der Waals surface area contributed by atoms with E-state index >= 15 is 0 Å². The molecular weight excluding hydrogens is 408 g/mol. The van der Waals surface area contributed by atoms with Crippen LogP contribution in [0.15, 0.2) is 59.8 Å². The van der Waals surface area contributed by atoms with Crippen LogP contribution in [0.25, 0.3) is 0 Å². The zero-order valence-electron chi connectivity index (χ0n) is 16.4. The van der Waals surface area contributed by atoms with E-state index in [0.29, 0.717) is 23.0 Å². The molecule has 0 aliphatic rings. The topological polar surface area (TPSA) is 94.0 Å². The Bertz CT molecular complexity index is 1090. The number of hydrogen-bond donors (Lipinski definition) is 1. The maximum absolute atomic E-state index is 12.8. The number of aromatic nitrogens is 3. The molecule has 1 heterocycles. The zero-order chi connectivity index (χ0) is 21.0. The molecule has 0 radical (unpaired) electrons. The van der Waals surface area contributed by atoms with Gasteiger partial charge < -0.3 is 4.57 Å². The molecule has 0 fully saturated rings. The van der Waals surface area contributed by atoms with Crippen molar-refractivity contribution in [2.24, 2.45) is 0 Å². The van der Waals surface area contributed by atoms with Crippen LogP contribution in [0.4, 0.5) is 5.69 Å². The van der Waals surface area contributed by atoms with Crippen LogP contribution in [-0.4, -0.2) is 40.5 Å². The Hall–Kier alpha value is -2.65. The predicted octanol–water partition coefficient (Wildman–Crippen LogP) is 3.37. The van der Waals surface area contributed by atoms with E-state index in [4.69, 9.17) is 0 Å². The third-order valence-corrected chi connectivity index (χ3v) is 5.90. The molecule has 1 unspecified atom stereocenters. The summed E-state index contributed by atoms with van der Waals surface area (Å²) in [6.07, 6.45) is 1.08. The first-order valence-electron chi connectivity index (χ1n) is 8.95. The van der Waals surface area contributed by atoms with E-state index in [-0.39, 0.29) is 11.0 Å². The van der Waals surface area contributed by atoms with Crippen molar-refractivity contribution in [3.05, 3.63) is 71.5 Å². The number of ketones is 1. The Labute approximate surface area is 174 Å². The molecule has 1 aromatic heterocycles. The summed E-state index contributed by atoms with van der Waals surface area (Å²) in [5, 5.41) is 8.70. The Kier molecular flexibility index (Phi) is 6.39. The van der Waals surface area contributed by atoms with Gasteiger partial charge in [-0.25, -0.2) is 8.42 Å². The van der Waals surface area contributed by atoms with Gasteiger partial charge in [-0.15, -0.1) is 10.2 Å². The van der Waals surface area contributed by atoms with Crippen LogP contribution in [0.2, 0.25) is 0 Å². The van der Waals surface area contributed by atoms with E-state index in [2.05, 4.69) is 14.9 Å². The van der Waals surface area contributed by atoms with Gasteiger partial charge in [0.15, 0.2) is 10.9 Å². The summed E-state index contributed by atoms with van der Waals surface area (Å²) >= 11 is 1.36. The molecule has 0 saturated heterocycles. The highest BCUT2D eigenvalue weighted by molar-refractivity contribution is 8.00. The van der Waals surface area contributed by atoms with Gasteiger partial charge in [-0.2, -0.15) is 0 Å². The molecule has 1 N–H and O–H groups in total. The number of nitrogens with one attached hydrogen (secondary N) is 1. The van der Waals surface area contributed by atoms with Gasteiger partial charge in [0.05, 0.1) is 18.1 Å². The van der Waals surface area contributed by atoms with Crippen molar-refractivity contribution in [1.29, 1.82) is 0 Å². The molecule has 0 saturated carbocycles. The average Bonchev–Trinajstić information content (AvgIpc) is 3.01. The van der Waals surface area contributed by atoms with Crippen molar-refractivity contribution in [2.75, 3.05) is 11.0 Å². The molecule has 1 atom stereocenters. The van der Waals surface area contributed by atoms with E-state index in [1.165, 1.54) is 11.8 Å². The number of rotatable bonds is 8. The molecule has 0 amide bonds. The number of anilines is 1. The highest BCUT2D eigenvalue weighted by Crippen LogP contribution is 2.26. The summed E-state index contributed by atoms with van der Waals surface area (Å²) in [6.45, 7) is 4.35. The number of nitrogens with zero attached hydrogens (tertiary/aromatic N) is 3. The van der Waals surface area contributed by atoms with Gasteiger partial charge >= 0.3 is 0 Å². The number of thioether (sulfide) groups is 1. The van der Waals surface area contributed by atoms with Crippen LogP contribution in [0, 0.1) is 6.92 Å². The van der Waals surface area contributed by atoms with Crippen LogP contribution in [0.1, 0.15) is 28.7 Å². The first kappa shape index (κ1) is 21.1. The van der Waals surface area contributed by atoms with Gasteiger partial charge in [0.2, 0.25) is 10.0 Å². The van der Waals surface area contributed by atoms with E-state index in [1.807, 2.05) is 48.7 Å². The second kappa shape index (κ2) is 8.79. The zero-order valence-corrected chi connectivity index (χ0v) is 18.0. The normalized spacial score (nSPS) is 12.5. The number of Topliss-reactive ketones (excluding diaryl/α,β-unsaturated/α-hetero) is 1. The Morgan fingerprint density at radius 3 is 2.38 bits per heavy atom. The summed E-state index contributed by atoms with van der Waals surface area (Å²) < 4.78 is 27.0. The van der Waals surface area contributed by atoms with E-state index in [1.54, 1.807) is 24.3 Å². The van der Waals surface area contributed by atoms with Gasteiger partial charge in [-0.1, -0.05) is 42.1 Å². The molecule has 3 aromatic rings. The van der Waals surface area contributed by atoms with Gasteiger partial charge in [-0.3, -0.25) is 9.52 Å². The number of carbonyl (C=O) groups is 1. The monoisotopic (exact) mass is 430 g/mol. The van der Waals surface area contributed by atoms with Crippen molar-refractivity contribution in [3.8, 4) is 0 Å².